The molecule has 4 aliphatic rings. The van der Waals surface area contributed by atoms with Crippen molar-refractivity contribution in [3.8, 4) is 5.75 Å². The number of halogens is 5. The number of imide groups is 1. The predicted octanol–water partition coefficient (Wildman–Crippen LogP) is 7.68. The summed E-state index contributed by atoms with van der Waals surface area (Å²) < 4.78 is 48.2. The van der Waals surface area contributed by atoms with E-state index in [0.717, 1.165) is 26.8 Å². The highest BCUT2D eigenvalue weighted by molar-refractivity contribution is 9.10. The predicted molar refractivity (Wildman–Crippen MR) is 185 cm³/mol. The van der Waals surface area contributed by atoms with Crippen molar-refractivity contribution in [3.05, 3.63) is 101 Å². The van der Waals surface area contributed by atoms with Gasteiger partial charge in [0.15, 0.2) is 6.61 Å². The third-order valence-electron chi connectivity index (χ3n) is 9.98. The third-order valence-corrected chi connectivity index (χ3v) is 13.6. The monoisotopic (exact) mass is 833 g/mol. The molecule has 8 rings (SSSR count). The molecule has 3 aromatic carbocycles. The van der Waals surface area contributed by atoms with E-state index in [0.29, 0.717) is 32.9 Å². The molecule has 49 heavy (non-hydrogen) atoms. The van der Waals surface area contributed by atoms with E-state index in [4.69, 9.17) is 4.74 Å². The molecule has 3 fully saturated rings. The van der Waals surface area contributed by atoms with Gasteiger partial charge in [0, 0.05) is 30.6 Å². The van der Waals surface area contributed by atoms with Crippen molar-refractivity contribution >= 4 is 84.1 Å². The molecule has 2 bridgehead atoms. The summed E-state index contributed by atoms with van der Waals surface area (Å²) in [5.74, 6) is -2.66. The molecule has 0 radical (unpaired) electrons. The maximum absolute atomic E-state index is 14.1. The van der Waals surface area contributed by atoms with E-state index in [2.05, 4.69) is 42.2 Å². The Labute approximate surface area is 302 Å². The van der Waals surface area contributed by atoms with Gasteiger partial charge < -0.3 is 15.0 Å². The molecule has 2 aliphatic heterocycles. The van der Waals surface area contributed by atoms with Crippen molar-refractivity contribution in [2.75, 3.05) is 16.8 Å². The highest BCUT2D eigenvalue weighted by atomic mass is 79.9. The first-order valence-electron chi connectivity index (χ1n) is 15.3. The second-order valence-corrected chi connectivity index (χ2v) is 16.5. The lowest BCUT2D eigenvalue weighted by molar-refractivity contribution is -0.137. The number of thioether (sulfide) groups is 1. The van der Waals surface area contributed by atoms with Gasteiger partial charge in [-0.15, -0.1) is 11.8 Å². The summed E-state index contributed by atoms with van der Waals surface area (Å²) in [7, 11) is 0. The van der Waals surface area contributed by atoms with Crippen molar-refractivity contribution in [2.24, 2.45) is 29.6 Å². The highest BCUT2D eigenvalue weighted by Crippen LogP contribution is 2.69. The van der Waals surface area contributed by atoms with E-state index >= 15 is 0 Å². The zero-order chi connectivity index (χ0) is 34.4. The number of aromatic amines is 1. The van der Waals surface area contributed by atoms with Crippen LogP contribution in [-0.4, -0.2) is 34.6 Å². The summed E-state index contributed by atoms with van der Waals surface area (Å²) in [6.07, 6.45) is -3.97. The number of rotatable bonds is 6. The summed E-state index contributed by atoms with van der Waals surface area (Å²) in [5.41, 5.74) is -0.142. The molecule has 1 aromatic heterocycles. The van der Waals surface area contributed by atoms with Gasteiger partial charge in [-0.25, -0.2) is 0 Å². The second kappa shape index (κ2) is 12.1. The number of amides is 3. The van der Waals surface area contributed by atoms with E-state index in [-0.39, 0.29) is 45.4 Å². The van der Waals surface area contributed by atoms with Crippen LogP contribution in [0.25, 0.3) is 0 Å². The number of nitrogens with one attached hydrogen (secondary N) is 2. The summed E-state index contributed by atoms with van der Waals surface area (Å²) in [6.45, 7) is -0.571. The minimum absolute atomic E-state index is 0.0791. The van der Waals surface area contributed by atoms with E-state index in [1.807, 2.05) is 6.07 Å². The zero-order valence-electron chi connectivity index (χ0n) is 25.0. The van der Waals surface area contributed by atoms with E-state index in [1.54, 1.807) is 48.2 Å². The lowest BCUT2D eigenvalue weighted by atomic mass is 9.68. The van der Waals surface area contributed by atoms with Gasteiger partial charge in [-0.05, 0) is 78.8 Å². The molecule has 1 saturated heterocycles. The van der Waals surface area contributed by atoms with Gasteiger partial charge in [-0.3, -0.25) is 24.1 Å². The standard InChI is InChI=1S/C34H24Br2F3N3O5S2/c35-14-5-8-16(9-6-14)42-31(44)26-18-12-19(27(26)32(42)45)28-25(18)24(29-30(48-28)41-33(46)49-29)17-11-15(36)7-10-22(17)47-13-23(43)40-21-4-2-1-3-20(21)34(37,38)39/h1-11,18-19,24-28H,12-13H2,(H,40,43)(H,41,46)/t18-,19-,24+,25-,26+,27+,28-/m1/s1. The molecule has 3 amide bonds. The van der Waals surface area contributed by atoms with Crippen LogP contribution in [0.1, 0.15) is 28.3 Å². The fourth-order valence-electron chi connectivity index (χ4n) is 8.27. The Bertz CT molecular complexity index is 2090. The largest absolute Gasteiger partial charge is 0.483 e. The van der Waals surface area contributed by atoms with Gasteiger partial charge in [0.2, 0.25) is 11.8 Å². The lowest BCUT2D eigenvalue weighted by Crippen LogP contribution is -2.42. The molecule has 2 aliphatic carbocycles. The van der Waals surface area contributed by atoms with Gasteiger partial charge in [-0.2, -0.15) is 13.2 Å². The van der Waals surface area contributed by atoms with Crippen molar-refractivity contribution in [1.82, 2.24) is 4.98 Å². The van der Waals surface area contributed by atoms with Crippen LogP contribution in [0, 0.1) is 29.6 Å². The number of alkyl halides is 3. The Hall–Kier alpha value is -3.40. The molecule has 3 heterocycles. The first kappa shape index (κ1) is 32.8. The Morgan fingerprint density at radius 3 is 2.39 bits per heavy atom. The van der Waals surface area contributed by atoms with Crippen LogP contribution in [0.3, 0.4) is 0 Å². The Kier molecular flexibility index (Phi) is 8.12. The number of nitrogens with zero attached hydrogens (tertiary/aromatic N) is 1. The molecule has 15 heteroatoms. The molecule has 0 spiro atoms. The van der Waals surface area contributed by atoms with Crippen LogP contribution >= 0.6 is 55.0 Å². The lowest BCUT2D eigenvalue weighted by Gasteiger charge is -2.43. The first-order valence-corrected chi connectivity index (χ1v) is 18.6. The first-order chi connectivity index (χ1) is 23.4. The molecule has 2 saturated carbocycles. The maximum atomic E-state index is 14.1. The van der Waals surface area contributed by atoms with E-state index in [1.165, 1.54) is 23.1 Å². The fraction of sp³-hybridized carbons (Fsp3) is 0.294. The number of benzene rings is 3. The number of aromatic nitrogens is 1. The smallest absolute Gasteiger partial charge is 0.418 e. The van der Waals surface area contributed by atoms with Crippen molar-refractivity contribution in [2.45, 2.75) is 28.8 Å². The summed E-state index contributed by atoms with van der Waals surface area (Å²) in [4.78, 5) is 58.5. The number of H-pyrrole nitrogens is 1. The van der Waals surface area contributed by atoms with Crippen LogP contribution in [0.4, 0.5) is 24.5 Å². The van der Waals surface area contributed by atoms with Crippen LogP contribution in [0.15, 0.2) is 85.5 Å². The molecule has 8 nitrogen and oxygen atoms in total. The Balaban J connectivity index is 1.12. The topological polar surface area (TPSA) is 109 Å². The Morgan fingerprint density at radius 1 is 0.959 bits per heavy atom. The number of hydrogen-bond acceptors (Lipinski definition) is 7. The minimum Gasteiger partial charge on any atom is -0.483 e. The summed E-state index contributed by atoms with van der Waals surface area (Å²) in [6, 6.07) is 17.1. The average Bonchev–Trinajstić information content (AvgIpc) is 3.79. The molecule has 4 aromatic rings. The van der Waals surface area contributed by atoms with Crippen molar-refractivity contribution < 1.29 is 32.3 Å². The molecule has 0 unspecified atom stereocenters. The van der Waals surface area contributed by atoms with Crippen molar-refractivity contribution in [3.63, 3.8) is 0 Å². The second-order valence-electron chi connectivity index (χ2n) is 12.5. The average molecular weight is 836 g/mol. The molecular formula is C34H24Br2F3N3O5S2. The van der Waals surface area contributed by atoms with Crippen LogP contribution in [0.5, 0.6) is 5.75 Å². The molecular weight excluding hydrogens is 811 g/mol. The quantitative estimate of drug-likeness (QED) is 0.193. The maximum Gasteiger partial charge on any atom is 0.418 e. The SMILES string of the molecule is O=C(COc1ccc(Br)cc1[C@@H]1c2sc(=O)[nH]c2S[C@@H]2[C@@H]3C[C@@H]([C@@H]4C(=O)N(c5ccc(Br)cc5)C(=O)[C@@H]34)[C@H]12)Nc1ccccc1C(F)(F)F. The zero-order valence-corrected chi connectivity index (χ0v) is 29.8. The number of ether oxygens (including phenoxy) is 1. The van der Waals surface area contributed by atoms with Gasteiger partial charge in [0.25, 0.3) is 5.91 Å². The number of carbonyl (C=O) groups excluding carboxylic acids is 3. The third kappa shape index (κ3) is 5.47. The number of carbonyl (C=O) groups is 3. The van der Waals surface area contributed by atoms with E-state index < -0.39 is 42.0 Å². The van der Waals surface area contributed by atoms with E-state index in [9.17, 15) is 32.3 Å². The summed E-state index contributed by atoms with van der Waals surface area (Å²) >= 11 is 9.60. The fourth-order valence-corrected chi connectivity index (χ4v) is 11.8. The van der Waals surface area contributed by atoms with Crippen LogP contribution in [0.2, 0.25) is 0 Å². The van der Waals surface area contributed by atoms with Gasteiger partial charge in [0.05, 0.1) is 33.8 Å². The number of thiazole rings is 1. The van der Waals surface area contributed by atoms with Gasteiger partial charge >= 0.3 is 11.0 Å². The van der Waals surface area contributed by atoms with Gasteiger partial charge in [-0.1, -0.05) is 55.3 Å². The van der Waals surface area contributed by atoms with Gasteiger partial charge in [0.1, 0.15) is 5.75 Å². The van der Waals surface area contributed by atoms with Crippen LogP contribution < -0.4 is 19.8 Å². The number of fused-ring (bicyclic) bond motifs is 9. The van der Waals surface area contributed by atoms with Crippen molar-refractivity contribution in [1.29, 1.82) is 0 Å². The number of anilines is 2. The Morgan fingerprint density at radius 2 is 1.65 bits per heavy atom. The molecule has 7 atom stereocenters. The van der Waals surface area contributed by atoms with Crippen LogP contribution in [-0.2, 0) is 20.6 Å². The molecule has 2 N–H and O–H groups in total. The number of para-hydroxylation sites is 1. The normalized spacial score (nSPS) is 26.8. The molecule has 252 valence electrons. The number of hydrogen-bond donors (Lipinski definition) is 2. The minimum atomic E-state index is -4.66. The summed E-state index contributed by atoms with van der Waals surface area (Å²) in [5, 5.41) is 2.94. The highest BCUT2D eigenvalue weighted by Gasteiger charge is 2.70.